The van der Waals surface area contributed by atoms with Gasteiger partial charge in [-0.05, 0) is 49.1 Å². The lowest BCUT2D eigenvalue weighted by atomic mass is 9.93. The van der Waals surface area contributed by atoms with Gasteiger partial charge in [-0.15, -0.1) is 0 Å². The number of ether oxygens (including phenoxy) is 1. The Morgan fingerprint density at radius 3 is 2.46 bits per heavy atom. The Kier molecular flexibility index (Phi) is 8.79. The molecular formula is C19H28N2O3. The molecule has 2 atom stereocenters. The first-order valence-electron chi connectivity index (χ1n) is 8.41. The van der Waals surface area contributed by atoms with E-state index in [2.05, 4.69) is 12.2 Å². The molecule has 0 spiro atoms. The number of anilines is 1. The molecule has 0 aromatic heterocycles. The molecule has 0 unspecified atom stereocenters. The van der Waals surface area contributed by atoms with Crippen molar-refractivity contribution >= 4 is 17.4 Å². The summed E-state index contributed by atoms with van der Waals surface area (Å²) >= 11 is 0. The second kappa shape index (κ2) is 10.6. The fourth-order valence-corrected chi connectivity index (χ4v) is 2.36. The first-order valence-corrected chi connectivity index (χ1v) is 8.41. The van der Waals surface area contributed by atoms with Gasteiger partial charge in [0.15, 0.2) is 0 Å². The molecule has 0 saturated carbocycles. The van der Waals surface area contributed by atoms with Gasteiger partial charge in [-0.3, -0.25) is 9.59 Å². The molecule has 0 heterocycles. The lowest BCUT2D eigenvalue weighted by Gasteiger charge is -2.14. The first-order chi connectivity index (χ1) is 11.5. The van der Waals surface area contributed by atoms with E-state index in [1.165, 1.54) is 6.08 Å². The summed E-state index contributed by atoms with van der Waals surface area (Å²) in [6.07, 6.45) is 6.13. The van der Waals surface area contributed by atoms with E-state index in [4.69, 9.17) is 10.5 Å². The zero-order valence-corrected chi connectivity index (χ0v) is 14.7. The zero-order chi connectivity index (χ0) is 17.9. The third-order valence-corrected chi connectivity index (χ3v) is 3.85. The van der Waals surface area contributed by atoms with Crippen LogP contribution in [-0.4, -0.2) is 24.8 Å². The van der Waals surface area contributed by atoms with Crippen LogP contribution < -0.4 is 15.8 Å². The van der Waals surface area contributed by atoms with Crippen molar-refractivity contribution in [2.75, 3.05) is 12.4 Å². The molecule has 132 valence electrons. The van der Waals surface area contributed by atoms with E-state index in [9.17, 15) is 9.59 Å². The van der Waals surface area contributed by atoms with Gasteiger partial charge < -0.3 is 15.8 Å². The van der Waals surface area contributed by atoms with Crippen LogP contribution in [0, 0.1) is 5.92 Å². The van der Waals surface area contributed by atoms with Crippen LogP contribution in [0.5, 0.6) is 5.75 Å². The molecule has 24 heavy (non-hydrogen) atoms. The number of allylic oxidation sites excluding steroid dienone is 1. The molecule has 0 fully saturated rings. The monoisotopic (exact) mass is 332 g/mol. The van der Waals surface area contributed by atoms with Crippen molar-refractivity contribution in [1.82, 2.24) is 0 Å². The van der Waals surface area contributed by atoms with Gasteiger partial charge >= 0.3 is 0 Å². The Morgan fingerprint density at radius 2 is 1.92 bits per heavy atom. The molecule has 1 rings (SSSR count). The third kappa shape index (κ3) is 6.96. The van der Waals surface area contributed by atoms with Crippen LogP contribution in [0.25, 0.3) is 0 Å². The number of carbonyl (C=O) groups is 2. The van der Waals surface area contributed by atoms with Crippen molar-refractivity contribution < 1.29 is 14.3 Å². The molecule has 0 radical (unpaired) electrons. The molecule has 1 aromatic rings. The average Bonchev–Trinajstić information content (AvgIpc) is 2.59. The van der Waals surface area contributed by atoms with Crippen LogP contribution in [0.4, 0.5) is 5.69 Å². The standard InChI is InChI=1S/C19H28N2O3/c1-4-6-14(13-18(22)17(20)5-2)7-12-19(23)21-15-8-10-16(24-3)11-9-15/h7-12,14,17H,4-6,13,20H2,1-3H3,(H,21,23)/b12-7+/t14-,17-/m0/s1. The van der Waals surface area contributed by atoms with Crippen molar-refractivity contribution in [2.45, 2.75) is 45.6 Å². The van der Waals surface area contributed by atoms with E-state index in [1.54, 1.807) is 31.4 Å². The minimum absolute atomic E-state index is 0.0433. The lowest BCUT2D eigenvalue weighted by Crippen LogP contribution is -2.30. The maximum atomic E-state index is 12.0. The molecule has 3 N–H and O–H groups in total. The van der Waals surface area contributed by atoms with Gasteiger partial charge in [0.25, 0.3) is 0 Å². The van der Waals surface area contributed by atoms with Gasteiger partial charge in [0.1, 0.15) is 11.5 Å². The number of hydrogen-bond acceptors (Lipinski definition) is 4. The summed E-state index contributed by atoms with van der Waals surface area (Å²) < 4.78 is 5.08. The van der Waals surface area contributed by atoms with Crippen molar-refractivity contribution in [3.05, 3.63) is 36.4 Å². The summed E-state index contributed by atoms with van der Waals surface area (Å²) in [6, 6.07) is 6.70. The Morgan fingerprint density at radius 1 is 1.25 bits per heavy atom. The number of amides is 1. The quantitative estimate of drug-likeness (QED) is 0.644. The number of rotatable bonds is 10. The minimum atomic E-state index is -0.411. The largest absolute Gasteiger partial charge is 0.497 e. The highest BCUT2D eigenvalue weighted by molar-refractivity contribution is 5.99. The predicted molar refractivity (Wildman–Crippen MR) is 97.1 cm³/mol. The third-order valence-electron chi connectivity index (χ3n) is 3.85. The predicted octanol–water partition coefficient (Wildman–Crippen LogP) is 3.30. The smallest absolute Gasteiger partial charge is 0.248 e. The molecule has 1 aromatic carbocycles. The first kappa shape index (κ1) is 19.9. The van der Waals surface area contributed by atoms with E-state index in [-0.39, 0.29) is 17.6 Å². The van der Waals surface area contributed by atoms with Crippen molar-refractivity contribution in [1.29, 1.82) is 0 Å². The summed E-state index contributed by atoms with van der Waals surface area (Å²) in [6.45, 7) is 3.96. The van der Waals surface area contributed by atoms with Crippen LogP contribution in [0.15, 0.2) is 36.4 Å². The molecule has 0 aliphatic carbocycles. The molecular weight excluding hydrogens is 304 g/mol. The summed E-state index contributed by atoms with van der Waals surface area (Å²) in [5.41, 5.74) is 6.48. The van der Waals surface area contributed by atoms with Crippen LogP contribution in [0.2, 0.25) is 0 Å². The molecule has 0 aliphatic heterocycles. The molecule has 0 saturated heterocycles. The van der Waals surface area contributed by atoms with Crippen LogP contribution in [-0.2, 0) is 9.59 Å². The summed E-state index contributed by atoms with van der Waals surface area (Å²) in [4.78, 5) is 24.0. The van der Waals surface area contributed by atoms with Crippen molar-refractivity contribution in [3.8, 4) is 5.75 Å². The SMILES string of the molecule is CCC[C@@H](/C=C/C(=O)Nc1ccc(OC)cc1)CC(=O)[C@@H](N)CC. The number of hydrogen-bond donors (Lipinski definition) is 2. The van der Waals surface area contributed by atoms with Gasteiger partial charge in [0.2, 0.25) is 5.91 Å². The number of carbonyl (C=O) groups excluding carboxylic acids is 2. The zero-order valence-electron chi connectivity index (χ0n) is 14.7. The maximum Gasteiger partial charge on any atom is 0.248 e. The number of methoxy groups -OCH3 is 1. The fraction of sp³-hybridized carbons (Fsp3) is 0.474. The summed E-state index contributed by atoms with van der Waals surface area (Å²) in [5.74, 6) is 0.615. The highest BCUT2D eigenvalue weighted by Crippen LogP contribution is 2.17. The second-order valence-electron chi connectivity index (χ2n) is 5.81. The molecule has 5 heteroatoms. The number of ketones is 1. The highest BCUT2D eigenvalue weighted by atomic mass is 16.5. The average molecular weight is 332 g/mol. The number of nitrogens with one attached hydrogen (secondary N) is 1. The van der Waals surface area contributed by atoms with E-state index in [1.807, 2.05) is 13.0 Å². The normalized spacial score (nSPS) is 13.5. The Balaban J connectivity index is 2.60. The topological polar surface area (TPSA) is 81.4 Å². The van der Waals surface area contributed by atoms with E-state index < -0.39 is 6.04 Å². The Bertz CT molecular complexity index is 552. The lowest BCUT2D eigenvalue weighted by molar-refractivity contribution is -0.121. The van der Waals surface area contributed by atoms with Crippen LogP contribution >= 0.6 is 0 Å². The van der Waals surface area contributed by atoms with Crippen LogP contribution in [0.1, 0.15) is 39.5 Å². The van der Waals surface area contributed by atoms with Crippen molar-refractivity contribution in [2.24, 2.45) is 11.7 Å². The minimum Gasteiger partial charge on any atom is -0.497 e. The van der Waals surface area contributed by atoms with E-state index >= 15 is 0 Å². The molecule has 0 bridgehead atoms. The van der Waals surface area contributed by atoms with Crippen LogP contribution in [0.3, 0.4) is 0 Å². The summed E-state index contributed by atoms with van der Waals surface area (Å²) in [5, 5.41) is 2.79. The Hall–Kier alpha value is -2.14. The van der Waals surface area contributed by atoms with Gasteiger partial charge in [-0.2, -0.15) is 0 Å². The van der Waals surface area contributed by atoms with Gasteiger partial charge in [-0.25, -0.2) is 0 Å². The highest BCUT2D eigenvalue weighted by Gasteiger charge is 2.16. The fourth-order valence-electron chi connectivity index (χ4n) is 2.36. The maximum absolute atomic E-state index is 12.0. The molecule has 5 nitrogen and oxygen atoms in total. The molecule has 1 amide bonds. The number of Topliss-reactive ketones (excluding diaryl/α,β-unsaturated/α-hetero) is 1. The van der Waals surface area contributed by atoms with E-state index in [0.717, 1.165) is 18.6 Å². The van der Waals surface area contributed by atoms with Crippen molar-refractivity contribution in [3.63, 3.8) is 0 Å². The molecule has 0 aliphatic rings. The number of nitrogens with two attached hydrogens (primary N) is 1. The van der Waals surface area contributed by atoms with Gasteiger partial charge in [-0.1, -0.05) is 26.3 Å². The summed E-state index contributed by atoms with van der Waals surface area (Å²) in [7, 11) is 1.59. The van der Waals surface area contributed by atoms with Gasteiger partial charge in [0.05, 0.1) is 13.2 Å². The number of benzene rings is 1. The van der Waals surface area contributed by atoms with E-state index in [0.29, 0.717) is 18.5 Å². The van der Waals surface area contributed by atoms with Gasteiger partial charge in [0, 0.05) is 12.1 Å². The second-order valence-corrected chi connectivity index (χ2v) is 5.81. The Labute approximate surface area is 144 Å².